The lowest BCUT2D eigenvalue weighted by molar-refractivity contribution is 0.354. The summed E-state index contributed by atoms with van der Waals surface area (Å²) in [5, 5.41) is 4.19. The van der Waals surface area contributed by atoms with Crippen LogP contribution in [0.4, 0.5) is 0 Å². The molecule has 22 heavy (non-hydrogen) atoms. The Hall–Kier alpha value is -0.630. The molecule has 1 aromatic carbocycles. The van der Waals surface area contributed by atoms with E-state index in [-0.39, 0.29) is 5.56 Å². The molecule has 1 heterocycles. The van der Waals surface area contributed by atoms with Gasteiger partial charge in [-0.25, -0.2) is 4.68 Å². The highest BCUT2D eigenvalue weighted by atomic mass is 32.9. The van der Waals surface area contributed by atoms with E-state index in [1.54, 1.807) is 6.07 Å². The van der Waals surface area contributed by atoms with E-state index in [9.17, 15) is 4.79 Å². The predicted molar refractivity (Wildman–Crippen MR) is 98.6 cm³/mol. The van der Waals surface area contributed by atoms with Gasteiger partial charge in [0.15, 0.2) is 0 Å². The van der Waals surface area contributed by atoms with Crippen LogP contribution in [-0.2, 0) is 39.0 Å². The Kier molecular flexibility index (Phi) is 8.38. The second-order valence-electron chi connectivity index (χ2n) is 3.88. The summed E-state index contributed by atoms with van der Waals surface area (Å²) in [6.45, 7) is 0. The van der Waals surface area contributed by atoms with Crippen LogP contribution in [0.1, 0.15) is 0 Å². The van der Waals surface area contributed by atoms with Crippen molar-refractivity contribution in [2.75, 3.05) is 14.2 Å². The molecule has 0 atom stereocenters. The first-order valence-electron chi connectivity index (χ1n) is 6.10. The van der Waals surface area contributed by atoms with Gasteiger partial charge in [0.25, 0.3) is 5.56 Å². The first-order valence-corrected chi connectivity index (χ1v) is 10.4. The fraction of sp³-hybridized carbons (Fsp3) is 0.231. The summed E-state index contributed by atoms with van der Waals surface area (Å²) >= 11 is 13.3. The van der Waals surface area contributed by atoms with Gasteiger partial charge < -0.3 is 21.3 Å². The minimum Gasteiger partial charge on any atom is -0.691 e. The Morgan fingerprint density at radius 3 is 2.27 bits per heavy atom. The molecule has 0 aliphatic heterocycles. The van der Waals surface area contributed by atoms with E-state index in [0.717, 1.165) is 11.3 Å². The second kappa shape index (κ2) is 9.50. The number of thiol groups is 1. The van der Waals surface area contributed by atoms with Crippen molar-refractivity contribution in [3.8, 4) is 11.3 Å². The van der Waals surface area contributed by atoms with Gasteiger partial charge in [0.1, 0.15) is 0 Å². The molecule has 120 valence electrons. The summed E-state index contributed by atoms with van der Waals surface area (Å²) in [6, 6.07) is 13.0. The smallest absolute Gasteiger partial charge is 0.267 e. The maximum atomic E-state index is 11.3. The first-order chi connectivity index (χ1) is 10.4. The summed E-state index contributed by atoms with van der Waals surface area (Å²) in [5.74, 6) is 0.291. The zero-order valence-electron chi connectivity index (χ0n) is 12.1. The van der Waals surface area contributed by atoms with Gasteiger partial charge in [-0.3, -0.25) is 4.79 Å². The van der Waals surface area contributed by atoms with Crippen molar-refractivity contribution in [3.63, 3.8) is 0 Å². The molecule has 0 saturated carbocycles. The number of nitrogens with zero attached hydrogens (tertiary/aromatic N) is 2. The van der Waals surface area contributed by atoms with Gasteiger partial charge in [0.05, 0.1) is 17.3 Å². The van der Waals surface area contributed by atoms with Crippen LogP contribution in [-0.4, -0.2) is 24.0 Å². The monoisotopic (exact) mass is 375 g/mol. The molecule has 5 nitrogen and oxygen atoms in total. The maximum Gasteiger partial charge on any atom is 0.267 e. The van der Waals surface area contributed by atoms with E-state index in [0.29, 0.717) is 5.88 Å². The third kappa shape index (κ3) is 6.24. The van der Waals surface area contributed by atoms with Crippen LogP contribution < -0.4 is 5.56 Å². The summed E-state index contributed by atoms with van der Waals surface area (Å²) in [5.41, 5.74) is -0.597. The van der Waals surface area contributed by atoms with Gasteiger partial charge in [0.2, 0.25) is 0 Å². The molecule has 0 N–H and O–H groups in total. The van der Waals surface area contributed by atoms with Gasteiger partial charge in [-0.1, -0.05) is 42.1 Å². The van der Waals surface area contributed by atoms with E-state index < -0.39 is 5.69 Å². The molecule has 0 fully saturated rings. The Bertz CT molecular complexity index is 686. The third-order valence-corrected chi connectivity index (χ3v) is 5.47. The Balaban J connectivity index is 0.000000295. The molecule has 0 amide bonds. The van der Waals surface area contributed by atoms with Crippen molar-refractivity contribution in [2.45, 2.75) is 5.88 Å². The van der Waals surface area contributed by atoms with E-state index in [4.69, 9.17) is 0 Å². The molecule has 2 rings (SSSR count). The molecule has 0 aliphatic rings. The minimum atomic E-state index is -2.24. The second-order valence-corrected chi connectivity index (χ2v) is 9.36. The van der Waals surface area contributed by atoms with Crippen LogP contribution in [0.5, 0.6) is 0 Å². The van der Waals surface area contributed by atoms with Crippen molar-refractivity contribution in [1.29, 1.82) is 0 Å². The Labute approximate surface area is 145 Å². The van der Waals surface area contributed by atoms with Crippen LogP contribution in [0.2, 0.25) is 0 Å². The van der Waals surface area contributed by atoms with E-state index >= 15 is 0 Å². The molecule has 0 radical (unpaired) electrons. The van der Waals surface area contributed by atoms with Crippen molar-refractivity contribution < 1.29 is 9.05 Å². The van der Waals surface area contributed by atoms with Crippen LogP contribution in [0.25, 0.3) is 11.3 Å². The van der Waals surface area contributed by atoms with Crippen LogP contribution in [0.3, 0.4) is 0 Å². The summed E-state index contributed by atoms with van der Waals surface area (Å²) < 4.78 is 10.5. The largest absolute Gasteiger partial charge is 0.691 e. The highest BCUT2D eigenvalue weighted by Crippen LogP contribution is 2.43. The zero-order chi connectivity index (χ0) is 16.6. The van der Waals surface area contributed by atoms with Crippen LogP contribution in [0.15, 0.2) is 47.3 Å². The molecule has 0 unspecified atom stereocenters. The molecule has 0 saturated heterocycles. The molecule has 9 heteroatoms. The van der Waals surface area contributed by atoms with Gasteiger partial charge in [-0.05, 0) is 6.07 Å². The summed E-state index contributed by atoms with van der Waals surface area (Å²) in [4.78, 5) is 11.3. The maximum absolute atomic E-state index is 11.3. The lowest BCUT2D eigenvalue weighted by atomic mass is 10.1. The average Bonchev–Trinajstić information content (AvgIpc) is 2.56. The van der Waals surface area contributed by atoms with Gasteiger partial charge >= 0.3 is 0 Å². The number of aromatic nitrogens is 2. The normalized spacial score (nSPS) is 10.7. The van der Waals surface area contributed by atoms with Crippen molar-refractivity contribution in [2.24, 2.45) is 0 Å². The Morgan fingerprint density at radius 1 is 1.23 bits per heavy atom. The molecular formula is C13H16N2O3PS3-. The first kappa shape index (κ1) is 19.4. The van der Waals surface area contributed by atoms with Crippen molar-refractivity contribution in [3.05, 3.63) is 52.8 Å². The standard InChI is InChI=1S/C11H10N2OS.C2H7O2PS2/c14-11-7-6-10(12-13(11)8-15)9-4-2-1-3-5-9;1-3-5(6,7)4-2/h1-7,15H,8H2;1-2H3,(H,6,7)/p-1. The predicted octanol–water partition coefficient (Wildman–Crippen LogP) is 2.85. The Morgan fingerprint density at radius 2 is 1.82 bits per heavy atom. The molecule has 0 bridgehead atoms. The quantitative estimate of drug-likeness (QED) is 0.504. The highest BCUT2D eigenvalue weighted by molar-refractivity contribution is 8.51. The minimum absolute atomic E-state index is 0.135. The lowest BCUT2D eigenvalue weighted by Gasteiger charge is -2.22. The van der Waals surface area contributed by atoms with E-state index in [2.05, 4.69) is 50.8 Å². The zero-order valence-corrected chi connectivity index (χ0v) is 15.5. The lowest BCUT2D eigenvalue weighted by Crippen LogP contribution is -2.20. The summed E-state index contributed by atoms with van der Waals surface area (Å²) in [7, 11) is 2.91. The number of benzene rings is 1. The molecular weight excluding hydrogens is 359 g/mol. The van der Waals surface area contributed by atoms with E-state index in [1.165, 1.54) is 25.0 Å². The van der Waals surface area contributed by atoms with E-state index in [1.807, 2.05) is 30.3 Å². The summed E-state index contributed by atoms with van der Waals surface area (Å²) in [6.07, 6.45) is 0. The average molecular weight is 375 g/mol. The highest BCUT2D eigenvalue weighted by Gasteiger charge is 2.00. The number of hydrogen-bond donors (Lipinski definition) is 1. The van der Waals surface area contributed by atoms with Crippen LogP contribution in [0, 0.1) is 0 Å². The van der Waals surface area contributed by atoms with Gasteiger partial charge in [-0.2, -0.15) is 17.7 Å². The van der Waals surface area contributed by atoms with Gasteiger partial charge in [-0.15, -0.1) is 0 Å². The molecule has 0 aliphatic carbocycles. The van der Waals surface area contributed by atoms with Crippen molar-refractivity contribution in [1.82, 2.24) is 9.78 Å². The fourth-order valence-corrected chi connectivity index (χ4v) is 1.74. The topological polar surface area (TPSA) is 53.4 Å². The molecule has 2 aromatic rings. The number of rotatable bonds is 4. The van der Waals surface area contributed by atoms with Crippen LogP contribution >= 0.6 is 18.3 Å². The van der Waals surface area contributed by atoms with Gasteiger partial charge in [0, 0.05) is 25.8 Å². The third-order valence-electron chi connectivity index (χ3n) is 2.52. The van der Waals surface area contributed by atoms with Crippen molar-refractivity contribution >= 4 is 42.4 Å². The molecule has 1 aromatic heterocycles. The molecule has 0 spiro atoms. The SMILES string of the molecule is COP(=S)([S-])OC.O=c1ccc(-c2ccccc2)nn1CS. The fourth-order valence-electron chi connectivity index (χ4n) is 1.39. The number of hydrogen-bond acceptors (Lipinski definition) is 7.